The molecule has 0 aliphatic carbocycles. The number of carbonyl (C=O) groups is 1. The highest BCUT2D eigenvalue weighted by atomic mass is 16.5. The molecule has 4 heterocycles. The Morgan fingerprint density at radius 3 is 2.32 bits per heavy atom. The van der Waals surface area contributed by atoms with Crippen LogP contribution in [0.2, 0.25) is 0 Å². The number of hydrogen-bond acceptors (Lipinski definition) is 8. The first-order chi connectivity index (χ1) is 21.3. The van der Waals surface area contributed by atoms with Crippen LogP contribution in [0.1, 0.15) is 45.6 Å². The van der Waals surface area contributed by atoms with Crippen LogP contribution in [0, 0.1) is 11.3 Å². The summed E-state index contributed by atoms with van der Waals surface area (Å²) in [7, 11) is 0. The topological polar surface area (TPSA) is 135 Å². The molecule has 2 N–H and O–H groups in total. The monoisotopic (exact) mass is 592 g/mol. The Hall–Kier alpha value is -4.95. The van der Waals surface area contributed by atoms with E-state index in [-0.39, 0.29) is 34.6 Å². The Balaban J connectivity index is 1.24. The molecule has 2 aliphatic rings. The first-order valence-electron chi connectivity index (χ1n) is 15.0. The van der Waals surface area contributed by atoms with Crippen LogP contribution in [0.25, 0.3) is 16.9 Å². The molecule has 0 unspecified atom stereocenters. The number of hydrogen-bond donors (Lipinski definition) is 1. The second-order valence-corrected chi connectivity index (χ2v) is 11.9. The highest BCUT2D eigenvalue weighted by Gasteiger charge is 2.33. The quantitative estimate of drug-likeness (QED) is 0.246. The molecule has 2 aromatic heterocycles. The molecule has 2 aliphatic heterocycles. The summed E-state index contributed by atoms with van der Waals surface area (Å²) in [5.74, 6) is 1.28. The molecule has 1 amide bonds. The lowest BCUT2D eigenvalue weighted by Gasteiger charge is -2.34. The van der Waals surface area contributed by atoms with E-state index in [1.807, 2.05) is 30.3 Å². The van der Waals surface area contributed by atoms with Crippen molar-refractivity contribution in [3.8, 4) is 23.3 Å². The van der Waals surface area contributed by atoms with Crippen molar-refractivity contribution in [2.75, 3.05) is 31.9 Å². The molecule has 6 rings (SSSR count). The van der Waals surface area contributed by atoms with Gasteiger partial charge in [-0.3, -0.25) is 18.8 Å². The molecule has 0 bridgehead atoms. The van der Waals surface area contributed by atoms with Gasteiger partial charge in [0.15, 0.2) is 11.5 Å². The molecule has 2 saturated heterocycles. The second kappa shape index (κ2) is 12.0. The fourth-order valence-corrected chi connectivity index (χ4v) is 6.30. The summed E-state index contributed by atoms with van der Waals surface area (Å²) in [5, 5.41) is 9.88. The van der Waals surface area contributed by atoms with Crippen molar-refractivity contribution in [1.29, 1.82) is 5.26 Å². The predicted molar refractivity (Wildman–Crippen MR) is 167 cm³/mol. The fourth-order valence-electron chi connectivity index (χ4n) is 6.30. The largest absolute Gasteiger partial charge is 0.457 e. The summed E-state index contributed by atoms with van der Waals surface area (Å²) in [5.41, 5.74) is 7.30. The molecule has 2 aromatic carbocycles. The number of nitriles is 1. The van der Waals surface area contributed by atoms with E-state index in [4.69, 9.17) is 10.5 Å². The summed E-state index contributed by atoms with van der Waals surface area (Å²) >= 11 is 0. The minimum absolute atomic E-state index is 0.161. The number of nitrogens with zero attached hydrogens (tertiary/aromatic N) is 7. The summed E-state index contributed by atoms with van der Waals surface area (Å²) in [4.78, 5) is 40.1. The molecule has 226 valence electrons. The van der Waals surface area contributed by atoms with Crippen LogP contribution in [0.4, 0.5) is 5.82 Å². The zero-order chi connectivity index (χ0) is 30.8. The molecule has 0 saturated carbocycles. The van der Waals surface area contributed by atoms with Crippen molar-refractivity contribution >= 4 is 22.9 Å². The van der Waals surface area contributed by atoms with E-state index in [0.29, 0.717) is 54.3 Å². The van der Waals surface area contributed by atoms with E-state index in [1.165, 1.54) is 10.9 Å². The van der Waals surface area contributed by atoms with Gasteiger partial charge in [-0.2, -0.15) is 5.26 Å². The Morgan fingerprint density at radius 2 is 1.66 bits per heavy atom. The molecule has 11 nitrogen and oxygen atoms in total. The number of anilines is 1. The van der Waals surface area contributed by atoms with Crippen molar-refractivity contribution in [2.24, 2.45) is 0 Å². The number of benzene rings is 2. The third-order valence-electron chi connectivity index (χ3n) is 8.64. The Kier molecular flexibility index (Phi) is 7.93. The lowest BCUT2D eigenvalue weighted by molar-refractivity contribution is -0.128. The third kappa shape index (κ3) is 5.56. The smallest absolute Gasteiger partial charge is 0.335 e. The molecular weight excluding hydrogens is 556 g/mol. The van der Waals surface area contributed by atoms with Gasteiger partial charge < -0.3 is 15.4 Å². The maximum Gasteiger partial charge on any atom is 0.335 e. The number of piperidine rings is 1. The minimum atomic E-state index is -0.379. The van der Waals surface area contributed by atoms with Gasteiger partial charge in [0.05, 0.1) is 5.69 Å². The molecule has 2 fully saturated rings. The zero-order valence-electron chi connectivity index (χ0n) is 25.0. The third-order valence-corrected chi connectivity index (χ3v) is 8.64. The van der Waals surface area contributed by atoms with E-state index < -0.39 is 0 Å². The first-order valence-corrected chi connectivity index (χ1v) is 15.0. The van der Waals surface area contributed by atoms with Crippen LogP contribution in [0.15, 0.2) is 77.4 Å². The van der Waals surface area contributed by atoms with Crippen LogP contribution < -0.4 is 16.2 Å². The van der Waals surface area contributed by atoms with Crippen LogP contribution in [-0.2, 0) is 4.79 Å². The Morgan fingerprint density at radius 1 is 1.00 bits per heavy atom. The zero-order valence-corrected chi connectivity index (χ0v) is 25.0. The first kappa shape index (κ1) is 29.1. The summed E-state index contributed by atoms with van der Waals surface area (Å²) in [6.07, 6.45) is 6.49. The Labute approximate surface area is 255 Å². The lowest BCUT2D eigenvalue weighted by Crippen LogP contribution is -2.43. The highest BCUT2D eigenvalue weighted by Crippen LogP contribution is 2.30. The maximum atomic E-state index is 14.0. The van der Waals surface area contributed by atoms with Crippen molar-refractivity contribution in [3.05, 3.63) is 83.1 Å². The standard InChI is InChI=1S/C33H36N8O3/c1-33(2,39-16-6-7-17-39)20-23(21-34)31(42)38-18-14-25(15-19-38)41-30-28(29(35)36-22-37-30)40(32(41)43)24-10-12-27(13-11-24)44-26-8-4-3-5-9-26/h3-5,8-13,20,22,25H,6-7,14-19H2,1-2H3,(H2,35,36,37). The van der Waals surface area contributed by atoms with Crippen molar-refractivity contribution < 1.29 is 9.53 Å². The number of nitrogens with two attached hydrogens (primary N) is 1. The number of carbonyl (C=O) groups excluding carboxylic acids is 1. The van der Waals surface area contributed by atoms with Gasteiger partial charge >= 0.3 is 5.69 Å². The average Bonchev–Trinajstić information content (AvgIpc) is 3.69. The molecule has 0 atom stereocenters. The van der Waals surface area contributed by atoms with Gasteiger partial charge in [0.2, 0.25) is 0 Å². The summed E-state index contributed by atoms with van der Waals surface area (Å²) in [6.45, 7) is 6.85. The molecule has 4 aromatic rings. The number of para-hydroxylation sites is 1. The van der Waals surface area contributed by atoms with Gasteiger partial charge in [-0.25, -0.2) is 14.8 Å². The van der Waals surface area contributed by atoms with E-state index in [1.54, 1.807) is 39.8 Å². The fraction of sp³-hybridized carbons (Fsp3) is 0.364. The van der Waals surface area contributed by atoms with Gasteiger partial charge in [0.25, 0.3) is 5.91 Å². The van der Waals surface area contributed by atoms with Gasteiger partial charge in [-0.05, 0) is 95.1 Å². The number of fused-ring (bicyclic) bond motifs is 1. The number of ether oxygens (including phenoxy) is 1. The molecule has 11 heteroatoms. The second-order valence-electron chi connectivity index (χ2n) is 11.9. The summed E-state index contributed by atoms with van der Waals surface area (Å²) in [6, 6.07) is 18.6. The van der Waals surface area contributed by atoms with Crippen molar-refractivity contribution in [2.45, 2.75) is 51.1 Å². The van der Waals surface area contributed by atoms with Gasteiger partial charge in [0.1, 0.15) is 35.0 Å². The van der Waals surface area contributed by atoms with E-state index in [0.717, 1.165) is 25.9 Å². The number of imidazole rings is 1. The maximum absolute atomic E-state index is 14.0. The number of amides is 1. The Bertz CT molecular complexity index is 1790. The van der Waals surface area contributed by atoms with E-state index in [9.17, 15) is 14.9 Å². The van der Waals surface area contributed by atoms with Crippen LogP contribution in [-0.4, -0.2) is 66.5 Å². The predicted octanol–water partition coefficient (Wildman–Crippen LogP) is 4.44. The van der Waals surface area contributed by atoms with Gasteiger partial charge in [-0.1, -0.05) is 18.2 Å². The lowest BCUT2D eigenvalue weighted by atomic mass is 9.98. The number of aromatic nitrogens is 4. The minimum Gasteiger partial charge on any atom is -0.457 e. The summed E-state index contributed by atoms with van der Waals surface area (Å²) < 4.78 is 9.12. The molecular formula is C33H36N8O3. The van der Waals surface area contributed by atoms with Crippen molar-refractivity contribution in [3.63, 3.8) is 0 Å². The van der Waals surface area contributed by atoms with Gasteiger partial charge in [-0.15, -0.1) is 0 Å². The van der Waals surface area contributed by atoms with Gasteiger partial charge in [0, 0.05) is 24.7 Å². The highest BCUT2D eigenvalue weighted by molar-refractivity contribution is 5.97. The van der Waals surface area contributed by atoms with E-state index in [2.05, 4.69) is 34.8 Å². The number of nitrogen functional groups attached to an aromatic ring is 1. The normalized spacial score (nSPS) is 16.8. The molecule has 0 spiro atoms. The van der Waals surface area contributed by atoms with Crippen LogP contribution >= 0.6 is 0 Å². The van der Waals surface area contributed by atoms with Crippen LogP contribution in [0.3, 0.4) is 0 Å². The van der Waals surface area contributed by atoms with Crippen molar-refractivity contribution in [1.82, 2.24) is 28.9 Å². The molecule has 0 radical (unpaired) electrons. The average molecular weight is 593 g/mol. The SMILES string of the molecule is CC(C)(C=C(C#N)C(=O)N1CCC(n2c(=O)n(-c3ccc(Oc4ccccc4)cc3)c3c(N)ncnc32)CC1)N1CCCC1. The van der Waals surface area contributed by atoms with E-state index >= 15 is 0 Å². The number of rotatable bonds is 7. The molecule has 44 heavy (non-hydrogen) atoms. The van der Waals surface area contributed by atoms with Crippen LogP contribution in [0.5, 0.6) is 11.5 Å². The number of likely N-dealkylation sites (tertiary alicyclic amines) is 2.